The first-order valence-corrected chi connectivity index (χ1v) is 10.0. The number of carbonyl (C=O) groups excluding carboxylic acids is 1. The number of benzene rings is 1. The molecule has 0 spiro atoms. The van der Waals surface area contributed by atoms with Gasteiger partial charge in [-0.05, 0) is 55.2 Å². The Hall–Kier alpha value is -2.36. The maximum Gasteiger partial charge on any atom is 0.225 e. The van der Waals surface area contributed by atoms with E-state index in [4.69, 9.17) is 4.74 Å². The van der Waals surface area contributed by atoms with Crippen molar-refractivity contribution in [3.8, 4) is 5.75 Å². The molecule has 1 atom stereocenters. The lowest BCUT2D eigenvalue weighted by Gasteiger charge is -2.23. The summed E-state index contributed by atoms with van der Waals surface area (Å²) in [5, 5.41) is 3.00. The number of nitrogens with zero attached hydrogens (tertiary/aromatic N) is 1. The molecule has 1 amide bonds. The van der Waals surface area contributed by atoms with E-state index in [0.29, 0.717) is 24.8 Å². The monoisotopic (exact) mass is 382 g/mol. The molecule has 1 unspecified atom stereocenters. The highest BCUT2D eigenvalue weighted by Crippen LogP contribution is 2.30. The Bertz CT molecular complexity index is 808. The van der Waals surface area contributed by atoms with Crippen LogP contribution in [0.2, 0.25) is 0 Å². The molecular weight excluding hydrogens is 348 g/mol. The van der Waals surface area contributed by atoms with Crippen LogP contribution in [0.15, 0.2) is 30.3 Å². The van der Waals surface area contributed by atoms with Crippen molar-refractivity contribution in [1.82, 2.24) is 4.98 Å². The van der Waals surface area contributed by atoms with Crippen LogP contribution < -0.4 is 10.1 Å². The van der Waals surface area contributed by atoms with E-state index in [-0.39, 0.29) is 11.3 Å². The molecule has 0 aliphatic rings. The number of nitrogens with one attached hydrogen (secondary N) is 1. The topological polar surface area (TPSA) is 51.2 Å². The highest BCUT2D eigenvalue weighted by atomic mass is 16.5. The van der Waals surface area contributed by atoms with Gasteiger partial charge in [0, 0.05) is 6.42 Å². The maximum atomic E-state index is 12.5. The second-order valence-electron chi connectivity index (χ2n) is 9.02. The van der Waals surface area contributed by atoms with Crippen LogP contribution in [-0.2, 0) is 11.4 Å². The first kappa shape index (κ1) is 21.9. The van der Waals surface area contributed by atoms with E-state index in [1.807, 2.05) is 51.1 Å². The van der Waals surface area contributed by atoms with Gasteiger partial charge in [-0.3, -0.25) is 4.79 Å². The van der Waals surface area contributed by atoms with Crippen LogP contribution in [0, 0.1) is 32.1 Å². The maximum absolute atomic E-state index is 12.5. The molecule has 0 saturated carbocycles. The Balaban J connectivity index is 2.07. The second-order valence-corrected chi connectivity index (χ2v) is 9.02. The molecule has 28 heavy (non-hydrogen) atoms. The predicted octanol–water partition coefficient (Wildman–Crippen LogP) is 5.99. The molecule has 1 heterocycles. The summed E-state index contributed by atoms with van der Waals surface area (Å²) >= 11 is 0. The second kappa shape index (κ2) is 9.22. The van der Waals surface area contributed by atoms with Gasteiger partial charge in [0.25, 0.3) is 0 Å². The predicted molar refractivity (Wildman–Crippen MR) is 116 cm³/mol. The lowest BCUT2D eigenvalue weighted by molar-refractivity contribution is -0.117. The average molecular weight is 383 g/mol. The molecule has 1 aromatic heterocycles. The van der Waals surface area contributed by atoms with E-state index in [1.165, 1.54) is 0 Å². The Morgan fingerprint density at radius 2 is 1.75 bits per heavy atom. The van der Waals surface area contributed by atoms with Gasteiger partial charge in [0.1, 0.15) is 18.2 Å². The largest absolute Gasteiger partial charge is 0.487 e. The number of anilines is 1. The van der Waals surface area contributed by atoms with Crippen LogP contribution in [0.25, 0.3) is 0 Å². The average Bonchev–Trinajstić information content (AvgIpc) is 2.58. The highest BCUT2D eigenvalue weighted by Gasteiger charge is 2.19. The summed E-state index contributed by atoms with van der Waals surface area (Å²) in [5.74, 6) is 1.77. The van der Waals surface area contributed by atoms with Gasteiger partial charge in [-0.25, -0.2) is 4.98 Å². The fourth-order valence-electron chi connectivity index (χ4n) is 3.60. The molecule has 152 valence electrons. The van der Waals surface area contributed by atoms with Crippen molar-refractivity contribution in [3.63, 3.8) is 0 Å². The van der Waals surface area contributed by atoms with E-state index in [2.05, 4.69) is 38.0 Å². The van der Waals surface area contributed by atoms with Crippen molar-refractivity contribution in [1.29, 1.82) is 0 Å². The molecule has 4 heteroatoms. The summed E-state index contributed by atoms with van der Waals surface area (Å²) in [7, 11) is 0. The smallest absolute Gasteiger partial charge is 0.225 e. The van der Waals surface area contributed by atoms with Gasteiger partial charge >= 0.3 is 0 Å². The van der Waals surface area contributed by atoms with E-state index >= 15 is 0 Å². The van der Waals surface area contributed by atoms with Crippen LogP contribution in [0.1, 0.15) is 62.9 Å². The number of amides is 1. The summed E-state index contributed by atoms with van der Waals surface area (Å²) in [6, 6.07) is 10.1. The number of hydrogen-bond donors (Lipinski definition) is 1. The highest BCUT2D eigenvalue weighted by molar-refractivity contribution is 5.90. The Morgan fingerprint density at radius 3 is 2.36 bits per heavy atom. The van der Waals surface area contributed by atoms with Crippen LogP contribution in [0.3, 0.4) is 0 Å². The zero-order valence-electron chi connectivity index (χ0n) is 18.3. The first-order chi connectivity index (χ1) is 13.1. The zero-order chi connectivity index (χ0) is 20.9. The van der Waals surface area contributed by atoms with Crippen molar-refractivity contribution in [3.05, 3.63) is 52.7 Å². The van der Waals surface area contributed by atoms with Crippen molar-refractivity contribution in [2.24, 2.45) is 11.3 Å². The summed E-state index contributed by atoms with van der Waals surface area (Å²) in [5.41, 5.74) is 4.09. The zero-order valence-corrected chi connectivity index (χ0v) is 18.3. The molecule has 2 aromatic rings. The van der Waals surface area contributed by atoms with E-state index in [0.717, 1.165) is 34.6 Å². The third kappa shape index (κ3) is 6.36. The van der Waals surface area contributed by atoms with Crippen LogP contribution in [0.5, 0.6) is 5.75 Å². The molecule has 0 bridgehead atoms. The van der Waals surface area contributed by atoms with Gasteiger partial charge in [0.15, 0.2) is 0 Å². The normalized spacial score (nSPS) is 12.5. The van der Waals surface area contributed by atoms with Gasteiger partial charge in [0.05, 0.1) is 5.69 Å². The minimum atomic E-state index is 0.0177. The van der Waals surface area contributed by atoms with Crippen LogP contribution in [0.4, 0.5) is 5.82 Å². The quantitative estimate of drug-likeness (QED) is 0.640. The van der Waals surface area contributed by atoms with Crippen molar-refractivity contribution < 1.29 is 9.53 Å². The van der Waals surface area contributed by atoms with E-state index in [9.17, 15) is 4.79 Å². The standard InChI is InChI=1S/C24H34N2O2/c1-16(14-24(5,6)7)13-21(27)26-23-18(3)17(2)22(19(4)25-23)28-15-20-11-9-8-10-12-20/h8-12,16H,13-15H2,1-7H3,(H,25,26,27). The number of carbonyl (C=O) groups is 1. The van der Waals surface area contributed by atoms with Crippen molar-refractivity contribution in [2.75, 3.05) is 5.32 Å². The third-order valence-corrected chi connectivity index (χ3v) is 4.84. The number of aromatic nitrogens is 1. The lowest BCUT2D eigenvalue weighted by atomic mass is 9.84. The SMILES string of the molecule is Cc1nc(NC(=O)CC(C)CC(C)(C)C)c(C)c(C)c1OCc1ccccc1. The number of ether oxygens (including phenoxy) is 1. The van der Waals surface area contributed by atoms with Gasteiger partial charge in [-0.15, -0.1) is 0 Å². The molecule has 0 aliphatic heterocycles. The number of pyridine rings is 1. The summed E-state index contributed by atoms with van der Waals surface area (Å²) < 4.78 is 6.04. The number of rotatable bonds is 7. The van der Waals surface area contributed by atoms with Crippen LogP contribution in [-0.4, -0.2) is 10.9 Å². The summed E-state index contributed by atoms with van der Waals surface area (Å²) in [6.07, 6.45) is 1.51. The van der Waals surface area contributed by atoms with Crippen molar-refractivity contribution in [2.45, 2.75) is 67.9 Å². The van der Waals surface area contributed by atoms with Gasteiger partial charge in [0.2, 0.25) is 5.91 Å². The molecule has 4 nitrogen and oxygen atoms in total. The Kier molecular flexibility index (Phi) is 7.22. The van der Waals surface area contributed by atoms with E-state index in [1.54, 1.807) is 0 Å². The first-order valence-electron chi connectivity index (χ1n) is 10.0. The minimum Gasteiger partial charge on any atom is -0.487 e. The molecule has 1 aromatic carbocycles. The summed E-state index contributed by atoms with van der Waals surface area (Å²) in [4.78, 5) is 17.1. The lowest BCUT2D eigenvalue weighted by Crippen LogP contribution is -2.20. The fourth-order valence-corrected chi connectivity index (χ4v) is 3.60. The van der Waals surface area contributed by atoms with Gasteiger partial charge in [-0.1, -0.05) is 58.0 Å². The number of aryl methyl sites for hydroxylation is 1. The van der Waals surface area contributed by atoms with Crippen molar-refractivity contribution >= 4 is 11.7 Å². The molecular formula is C24H34N2O2. The molecule has 0 fully saturated rings. The molecule has 0 radical (unpaired) electrons. The summed E-state index contributed by atoms with van der Waals surface area (Å²) in [6.45, 7) is 15.1. The van der Waals surface area contributed by atoms with Gasteiger partial charge in [-0.2, -0.15) is 0 Å². The van der Waals surface area contributed by atoms with Gasteiger partial charge < -0.3 is 10.1 Å². The Morgan fingerprint density at radius 1 is 1.11 bits per heavy atom. The molecule has 0 aliphatic carbocycles. The third-order valence-electron chi connectivity index (χ3n) is 4.84. The molecule has 1 N–H and O–H groups in total. The Labute approximate surface area is 169 Å². The molecule has 2 rings (SSSR count). The fraction of sp³-hybridized carbons (Fsp3) is 0.500. The van der Waals surface area contributed by atoms with Crippen LogP contribution >= 0.6 is 0 Å². The van der Waals surface area contributed by atoms with E-state index < -0.39 is 0 Å². The minimum absolute atomic E-state index is 0.0177. The molecule has 0 saturated heterocycles. The number of hydrogen-bond acceptors (Lipinski definition) is 3.